The van der Waals surface area contributed by atoms with E-state index in [9.17, 15) is 9.59 Å². The van der Waals surface area contributed by atoms with Crippen molar-refractivity contribution in [3.63, 3.8) is 0 Å². The van der Waals surface area contributed by atoms with E-state index in [4.69, 9.17) is 5.11 Å². The topological polar surface area (TPSA) is 60.9 Å². The number of hydrogen-bond donors (Lipinski definition) is 1. The summed E-state index contributed by atoms with van der Waals surface area (Å²) in [7, 11) is 1.73. The summed E-state index contributed by atoms with van der Waals surface area (Å²) in [6, 6.07) is -0.165. The second-order valence-electron chi connectivity index (χ2n) is 5.88. The van der Waals surface area contributed by atoms with E-state index in [1.807, 2.05) is 11.8 Å². The SMILES string of the molecule is CC(CO)N(C)C(=O)C1CCCN(C(=O)C2CC2)C1. The van der Waals surface area contributed by atoms with Crippen LogP contribution in [0.2, 0.25) is 0 Å². The summed E-state index contributed by atoms with van der Waals surface area (Å²) in [5, 5.41) is 9.12. The molecule has 2 fully saturated rings. The number of carbonyl (C=O) groups excluding carboxylic acids is 2. The Kier molecular flexibility index (Phi) is 4.45. The maximum Gasteiger partial charge on any atom is 0.227 e. The van der Waals surface area contributed by atoms with Gasteiger partial charge in [-0.2, -0.15) is 0 Å². The third-order valence-electron chi connectivity index (χ3n) is 4.28. The summed E-state index contributed by atoms with van der Waals surface area (Å²) in [5.74, 6) is 0.406. The molecule has 0 aromatic carbocycles. The van der Waals surface area contributed by atoms with Crippen molar-refractivity contribution in [3.05, 3.63) is 0 Å². The molecule has 0 aromatic rings. The maximum absolute atomic E-state index is 12.3. The van der Waals surface area contributed by atoms with Gasteiger partial charge >= 0.3 is 0 Å². The van der Waals surface area contributed by atoms with E-state index < -0.39 is 0 Å². The molecule has 0 spiro atoms. The lowest BCUT2D eigenvalue weighted by Gasteiger charge is -2.35. The highest BCUT2D eigenvalue weighted by atomic mass is 16.3. The Morgan fingerprint density at radius 3 is 2.58 bits per heavy atom. The Bertz CT molecular complexity index is 355. The van der Waals surface area contributed by atoms with Crippen LogP contribution in [0.15, 0.2) is 0 Å². The zero-order chi connectivity index (χ0) is 14.0. The Hall–Kier alpha value is -1.10. The van der Waals surface area contributed by atoms with Gasteiger partial charge in [0.25, 0.3) is 0 Å². The molecule has 0 aromatic heterocycles. The standard InChI is InChI=1S/C14H24N2O3/c1-10(9-17)15(2)13(18)12-4-3-7-16(8-12)14(19)11-5-6-11/h10-12,17H,3-9H2,1-2H3. The number of piperidine rings is 1. The van der Waals surface area contributed by atoms with E-state index >= 15 is 0 Å². The van der Waals surface area contributed by atoms with E-state index in [1.165, 1.54) is 0 Å². The smallest absolute Gasteiger partial charge is 0.227 e. The Morgan fingerprint density at radius 2 is 2.00 bits per heavy atom. The minimum absolute atomic E-state index is 0.0281. The number of aliphatic hydroxyl groups excluding tert-OH is 1. The molecule has 1 N–H and O–H groups in total. The van der Waals surface area contributed by atoms with E-state index in [-0.39, 0.29) is 36.3 Å². The van der Waals surface area contributed by atoms with Crippen LogP contribution < -0.4 is 0 Å². The summed E-state index contributed by atoms with van der Waals surface area (Å²) < 4.78 is 0. The molecule has 19 heavy (non-hydrogen) atoms. The van der Waals surface area contributed by atoms with Crippen LogP contribution in [0.5, 0.6) is 0 Å². The van der Waals surface area contributed by atoms with Crippen molar-refractivity contribution in [2.45, 2.75) is 38.6 Å². The first kappa shape index (κ1) is 14.3. The molecule has 1 saturated heterocycles. The van der Waals surface area contributed by atoms with Crippen molar-refractivity contribution >= 4 is 11.8 Å². The molecule has 0 bridgehead atoms. The summed E-state index contributed by atoms with van der Waals surface area (Å²) >= 11 is 0. The zero-order valence-corrected chi connectivity index (χ0v) is 11.8. The van der Waals surface area contributed by atoms with Gasteiger partial charge in [-0.05, 0) is 32.6 Å². The molecule has 1 heterocycles. The number of likely N-dealkylation sites (N-methyl/N-ethyl adjacent to an activating group) is 1. The fourth-order valence-electron chi connectivity index (χ4n) is 2.60. The zero-order valence-electron chi connectivity index (χ0n) is 11.8. The van der Waals surface area contributed by atoms with Gasteiger partial charge in [0.2, 0.25) is 11.8 Å². The van der Waals surface area contributed by atoms with Crippen molar-refractivity contribution < 1.29 is 14.7 Å². The number of hydrogen-bond acceptors (Lipinski definition) is 3. The predicted molar refractivity (Wildman–Crippen MR) is 71.3 cm³/mol. The molecule has 2 aliphatic rings. The van der Waals surface area contributed by atoms with E-state index in [1.54, 1.807) is 11.9 Å². The number of aliphatic hydroxyl groups is 1. The molecule has 1 saturated carbocycles. The number of nitrogens with zero attached hydrogens (tertiary/aromatic N) is 2. The van der Waals surface area contributed by atoms with Crippen LogP contribution in [-0.4, -0.2) is 59.5 Å². The Labute approximate surface area is 114 Å². The molecule has 5 heteroatoms. The first-order chi connectivity index (χ1) is 9.04. The van der Waals surface area contributed by atoms with Crippen molar-refractivity contribution in [1.29, 1.82) is 0 Å². The largest absolute Gasteiger partial charge is 0.394 e. The van der Waals surface area contributed by atoms with Gasteiger partial charge < -0.3 is 14.9 Å². The second-order valence-corrected chi connectivity index (χ2v) is 5.88. The van der Waals surface area contributed by atoms with Crippen molar-refractivity contribution in [2.75, 3.05) is 26.7 Å². The van der Waals surface area contributed by atoms with Crippen LogP contribution in [0, 0.1) is 11.8 Å². The van der Waals surface area contributed by atoms with Crippen LogP contribution in [0.25, 0.3) is 0 Å². The highest BCUT2D eigenvalue weighted by Gasteiger charge is 2.37. The first-order valence-electron chi connectivity index (χ1n) is 7.21. The van der Waals surface area contributed by atoms with Crippen LogP contribution in [-0.2, 0) is 9.59 Å². The minimum atomic E-state index is -0.165. The van der Waals surface area contributed by atoms with Gasteiger partial charge in [-0.25, -0.2) is 0 Å². The van der Waals surface area contributed by atoms with Crippen LogP contribution in [0.4, 0.5) is 0 Å². The van der Waals surface area contributed by atoms with Gasteiger partial charge in [0.15, 0.2) is 0 Å². The van der Waals surface area contributed by atoms with Gasteiger partial charge in [0.05, 0.1) is 18.6 Å². The number of amides is 2. The lowest BCUT2D eigenvalue weighted by Crippen LogP contribution is -2.48. The van der Waals surface area contributed by atoms with Gasteiger partial charge in [-0.15, -0.1) is 0 Å². The molecule has 2 rings (SSSR count). The fourth-order valence-corrected chi connectivity index (χ4v) is 2.60. The van der Waals surface area contributed by atoms with E-state index in [0.29, 0.717) is 6.54 Å². The van der Waals surface area contributed by atoms with E-state index in [0.717, 1.165) is 32.2 Å². The Morgan fingerprint density at radius 1 is 1.32 bits per heavy atom. The normalized spacial score (nSPS) is 25.0. The Balaban J connectivity index is 1.92. The van der Waals surface area contributed by atoms with E-state index in [2.05, 4.69) is 0 Å². The molecule has 1 aliphatic carbocycles. The molecule has 2 amide bonds. The molecule has 0 radical (unpaired) electrons. The molecule has 1 aliphatic heterocycles. The number of rotatable bonds is 4. The fraction of sp³-hybridized carbons (Fsp3) is 0.857. The molecule has 2 unspecified atom stereocenters. The van der Waals surface area contributed by atoms with Crippen molar-refractivity contribution in [3.8, 4) is 0 Å². The van der Waals surface area contributed by atoms with Crippen molar-refractivity contribution in [1.82, 2.24) is 9.80 Å². The van der Waals surface area contributed by atoms with Crippen LogP contribution in [0.1, 0.15) is 32.6 Å². The summed E-state index contributed by atoms with van der Waals surface area (Å²) in [5.41, 5.74) is 0. The average Bonchev–Trinajstić information content (AvgIpc) is 3.28. The molecular formula is C14H24N2O3. The van der Waals surface area contributed by atoms with Crippen LogP contribution >= 0.6 is 0 Å². The number of likely N-dealkylation sites (tertiary alicyclic amines) is 1. The predicted octanol–water partition coefficient (Wildman–Crippen LogP) is 0.474. The van der Waals surface area contributed by atoms with Gasteiger partial charge in [0, 0.05) is 26.1 Å². The summed E-state index contributed by atoms with van der Waals surface area (Å²) in [6.07, 6.45) is 3.76. The third kappa shape index (κ3) is 3.26. The highest BCUT2D eigenvalue weighted by Crippen LogP contribution is 2.32. The molecule has 108 valence electrons. The summed E-state index contributed by atoms with van der Waals surface area (Å²) in [6.45, 7) is 3.14. The van der Waals surface area contributed by atoms with Gasteiger partial charge in [0.1, 0.15) is 0 Å². The lowest BCUT2D eigenvalue weighted by atomic mass is 9.95. The lowest BCUT2D eigenvalue weighted by molar-refractivity contribution is -0.142. The first-order valence-corrected chi connectivity index (χ1v) is 7.21. The quantitative estimate of drug-likeness (QED) is 0.806. The maximum atomic E-state index is 12.3. The molecule has 5 nitrogen and oxygen atoms in total. The van der Waals surface area contributed by atoms with Crippen molar-refractivity contribution in [2.24, 2.45) is 11.8 Å². The van der Waals surface area contributed by atoms with Crippen LogP contribution in [0.3, 0.4) is 0 Å². The third-order valence-corrected chi connectivity index (χ3v) is 4.28. The highest BCUT2D eigenvalue weighted by molar-refractivity contribution is 5.83. The average molecular weight is 268 g/mol. The second kappa shape index (κ2) is 5.90. The molecular weight excluding hydrogens is 244 g/mol. The number of carbonyl (C=O) groups is 2. The monoisotopic (exact) mass is 268 g/mol. The minimum Gasteiger partial charge on any atom is -0.394 e. The molecule has 2 atom stereocenters. The summed E-state index contributed by atoms with van der Waals surface area (Å²) in [4.78, 5) is 27.8. The van der Waals surface area contributed by atoms with Gasteiger partial charge in [-0.1, -0.05) is 0 Å². The van der Waals surface area contributed by atoms with Gasteiger partial charge in [-0.3, -0.25) is 9.59 Å².